The fourth-order valence-electron chi connectivity index (χ4n) is 12.2. The van der Waals surface area contributed by atoms with E-state index in [2.05, 4.69) is 117 Å². The van der Waals surface area contributed by atoms with Gasteiger partial charge in [0, 0.05) is 124 Å². The van der Waals surface area contributed by atoms with Gasteiger partial charge >= 0.3 is 12.4 Å². The van der Waals surface area contributed by atoms with E-state index in [-0.39, 0.29) is 76.1 Å². The number of aryl methyl sites for hydroxylation is 3. The molecular weight excluding hydrogens is 1830 g/mol. The number of nitrogen functional groups attached to an aromatic ring is 5. The molecular formula is C83H85F7N34O8S3. The standard InChI is InChI=1S/C26H30FN9O3.C15H13N7O.2C14H13F3N6OS.C14H16N6O2S/c1-37-22-15-18(7-8-21(22)39-12-4-9-35-10-13-38-14-11-35)31-26-33-25(28)36(34-26)24-16-23(29-17-30-24)32-20-6-3-2-5-19(20)27;1-23-12-5-3-2-4-11(12)19-15-20-14(17)22(21-15)13-7-6-10(8-16)9-18-13;1-7-6-19-13(25-7)23-11(18)21-12(22-23)20-9-3-8(14(15,16)17)4-10(5-9)24-2;1-7-6-19-13(25-7)23-12(21-11(18)22-23)20-9-3-8(14(15,16)17)4-10(5-9)24-2;1-8-7-16-14(23-8)20-13(18-12(15)19-20)17-9-4-10(21-2)6-11(5-9)22-3/h2-3,5-8,15-17H,4,9-14H2,1H3,(H,29,30,32)(H3,28,31,33,34);2-7,9H,1H3,(H3,17,19,20,21);2*3-6H,1-2H3,(H3,18,20,21,22);4-7H,1-3H3,(H3,15,17,18,19). The quantitative estimate of drug-likeness (QED) is 0.0160. The third-order valence-corrected chi connectivity index (χ3v) is 21.1. The molecule has 0 radical (unpaired) electrons. The summed E-state index contributed by atoms with van der Waals surface area (Å²) in [5, 5.41) is 49.3. The molecule has 0 unspecified atom stereocenters. The number of nitrogens with two attached hydrogens (primary N) is 5. The van der Waals surface area contributed by atoms with Crippen molar-refractivity contribution >= 4 is 133 Å². The second-order valence-electron chi connectivity index (χ2n) is 28.0. The second kappa shape index (κ2) is 43.9. The summed E-state index contributed by atoms with van der Waals surface area (Å²) in [4.78, 5) is 51.1. The lowest BCUT2D eigenvalue weighted by Gasteiger charge is -2.26. The summed E-state index contributed by atoms with van der Waals surface area (Å²) in [5.74, 6) is 5.87. The van der Waals surface area contributed by atoms with E-state index in [0.29, 0.717) is 91.4 Å². The van der Waals surface area contributed by atoms with Gasteiger partial charge in [-0.15, -0.1) is 59.5 Å². The molecule has 17 rings (SSSR count). The summed E-state index contributed by atoms with van der Waals surface area (Å²) in [6, 6.07) is 38.0. The van der Waals surface area contributed by atoms with E-state index in [9.17, 15) is 30.7 Å². The van der Waals surface area contributed by atoms with Crippen LogP contribution in [-0.2, 0) is 17.1 Å². The molecule has 0 bridgehead atoms. The van der Waals surface area contributed by atoms with Gasteiger partial charge in [0.25, 0.3) is 0 Å². The van der Waals surface area contributed by atoms with E-state index in [1.54, 1.807) is 100 Å². The number of alkyl halides is 6. The van der Waals surface area contributed by atoms with Crippen molar-refractivity contribution in [3.63, 3.8) is 0 Å². The molecule has 0 atom stereocenters. The number of rotatable bonds is 28. The number of halogens is 7. The minimum absolute atomic E-state index is 0.0331. The van der Waals surface area contributed by atoms with Crippen molar-refractivity contribution < 1.29 is 68.6 Å². The number of nitrogens with one attached hydrogen (secondary N) is 6. The third kappa shape index (κ3) is 25.8. The fourth-order valence-corrected chi connectivity index (χ4v) is 14.3. The highest BCUT2D eigenvalue weighted by Gasteiger charge is 2.34. The summed E-state index contributed by atoms with van der Waals surface area (Å²) in [6.07, 6.45) is -0.248. The molecule has 0 aliphatic carbocycles. The van der Waals surface area contributed by atoms with E-state index in [4.69, 9.17) is 71.8 Å². The maximum atomic E-state index is 14.0. The number of methoxy groups -OCH3 is 6. The highest BCUT2D eigenvalue weighted by atomic mass is 32.1. The number of nitrogens with zero attached hydrogens (tertiary/aromatic N) is 23. The molecule has 0 amide bonds. The Morgan fingerprint density at radius 3 is 1.42 bits per heavy atom. The Hall–Kier alpha value is -16.5. The van der Waals surface area contributed by atoms with E-state index in [0.717, 1.165) is 89.5 Å². The first-order valence-electron chi connectivity index (χ1n) is 39.9. The fraction of sp³-hybridized carbons (Fsp3) is 0.217. The first-order chi connectivity index (χ1) is 64.9. The Morgan fingerprint density at radius 2 is 0.919 bits per heavy atom. The Bertz CT molecular complexity index is 6710. The molecule has 0 saturated carbocycles. The normalized spacial score (nSPS) is 11.8. The van der Waals surface area contributed by atoms with Crippen molar-refractivity contribution in [2.24, 2.45) is 0 Å². The van der Waals surface area contributed by atoms with E-state index >= 15 is 0 Å². The predicted molar refractivity (Wildman–Crippen MR) is 493 cm³/mol. The van der Waals surface area contributed by atoms with E-state index in [1.165, 1.54) is 97.7 Å². The highest BCUT2D eigenvalue weighted by Crippen LogP contribution is 2.39. The van der Waals surface area contributed by atoms with Crippen LogP contribution in [0.5, 0.6) is 40.2 Å². The molecule has 6 aromatic carbocycles. The van der Waals surface area contributed by atoms with Crippen LogP contribution in [0.3, 0.4) is 0 Å². The molecule has 1 fully saturated rings. The SMILES string of the molecule is COc1cc(Nc2nc(N)n(-c3cc(Nc4ccccc4F)ncn3)n2)ccc1OCCCN1CCOCC1.COc1cc(Nc2nc(N)n(-c3ncc(C)s3)n2)cc(C(F)(F)F)c1.COc1cc(Nc2nc(N)nn2-c2ncc(C)s2)cc(C(F)(F)F)c1.COc1cc(Nc2nc(N)nn2-c2ncc(C)s2)cc(OC)c1.COc1ccccc1Nc1nc(N)n(-c2ccc(C#N)cn2)n1. The molecule has 1 saturated heterocycles. The lowest BCUT2D eigenvalue weighted by atomic mass is 10.2. The number of hydrogen-bond acceptors (Lipinski definition) is 40. The van der Waals surface area contributed by atoms with Gasteiger partial charge in [0.15, 0.2) is 23.1 Å². The zero-order valence-corrected chi connectivity index (χ0v) is 75.4. The molecule has 16 aromatic rings. The van der Waals surface area contributed by atoms with Crippen LogP contribution < -0.4 is 93.7 Å². The smallest absolute Gasteiger partial charge is 0.416 e. The first kappa shape index (κ1) is 96.0. The average molecular weight is 1920 g/mol. The number of hydrogen-bond donors (Lipinski definition) is 11. The zero-order valence-electron chi connectivity index (χ0n) is 72.9. The van der Waals surface area contributed by atoms with Crippen LogP contribution in [0, 0.1) is 37.9 Å². The van der Waals surface area contributed by atoms with Crippen molar-refractivity contribution in [3.8, 4) is 73.3 Å². The number of thiazole rings is 3. The molecule has 10 aromatic heterocycles. The lowest BCUT2D eigenvalue weighted by Crippen LogP contribution is -2.37. The second-order valence-corrected chi connectivity index (χ2v) is 31.7. The molecule has 42 nitrogen and oxygen atoms in total. The Labute approximate surface area is 775 Å². The number of morpholine rings is 1. The number of para-hydroxylation sites is 3. The molecule has 702 valence electrons. The number of ether oxygens (including phenoxy) is 8. The summed E-state index contributed by atoms with van der Waals surface area (Å²) in [5.41, 5.74) is 30.6. The van der Waals surface area contributed by atoms with Gasteiger partial charge in [-0.05, 0) is 100.0 Å². The zero-order chi connectivity index (χ0) is 96.0. The molecule has 52 heteroatoms. The van der Waals surface area contributed by atoms with Crippen LogP contribution in [-0.4, -0.2) is 191 Å². The van der Waals surface area contributed by atoms with Gasteiger partial charge in [-0.1, -0.05) is 24.3 Å². The maximum Gasteiger partial charge on any atom is 0.416 e. The largest absolute Gasteiger partial charge is 0.497 e. The number of benzene rings is 6. The van der Waals surface area contributed by atoms with Crippen LogP contribution in [0.15, 0.2) is 171 Å². The van der Waals surface area contributed by atoms with Crippen LogP contribution in [0.4, 0.5) is 130 Å². The molecule has 1 aliphatic heterocycles. The minimum Gasteiger partial charge on any atom is -0.497 e. The summed E-state index contributed by atoms with van der Waals surface area (Å²) < 4.78 is 141. The summed E-state index contributed by atoms with van der Waals surface area (Å²) in [7, 11) is 8.94. The van der Waals surface area contributed by atoms with Gasteiger partial charge in [0.1, 0.15) is 52.8 Å². The summed E-state index contributed by atoms with van der Waals surface area (Å²) in [6.45, 7) is 10.8. The Morgan fingerprint density at radius 1 is 0.437 bits per heavy atom. The Balaban J connectivity index is 0.000000145. The van der Waals surface area contributed by atoms with Crippen molar-refractivity contribution in [1.82, 2.24) is 109 Å². The molecule has 0 spiro atoms. The molecule has 16 N–H and O–H groups in total. The van der Waals surface area contributed by atoms with Gasteiger partial charge < -0.3 is 98.5 Å². The van der Waals surface area contributed by atoms with Crippen LogP contribution >= 0.6 is 34.0 Å². The van der Waals surface area contributed by atoms with E-state index in [1.807, 2.05) is 75.4 Å². The van der Waals surface area contributed by atoms with Gasteiger partial charge in [-0.25, -0.2) is 34.3 Å². The number of aromatic nitrogens is 21. The molecule has 135 heavy (non-hydrogen) atoms. The van der Waals surface area contributed by atoms with Gasteiger partial charge in [0.05, 0.1) is 90.5 Å². The van der Waals surface area contributed by atoms with Gasteiger partial charge in [0.2, 0.25) is 74.9 Å². The maximum absolute atomic E-state index is 14.0. The van der Waals surface area contributed by atoms with Crippen molar-refractivity contribution in [2.45, 2.75) is 39.5 Å². The highest BCUT2D eigenvalue weighted by molar-refractivity contribution is 7.14. The average Bonchev–Trinajstić information content (AvgIpc) is 1.62. The van der Waals surface area contributed by atoms with Gasteiger partial charge in [-0.2, -0.15) is 79.9 Å². The molecule has 11 heterocycles. The van der Waals surface area contributed by atoms with Crippen molar-refractivity contribution in [1.29, 1.82) is 5.26 Å². The van der Waals surface area contributed by atoms with Gasteiger partial charge in [-0.3, -0.25) is 4.90 Å². The Kier molecular flexibility index (Phi) is 31.2. The van der Waals surface area contributed by atoms with Crippen LogP contribution in [0.1, 0.15) is 37.7 Å². The first-order valence-corrected chi connectivity index (χ1v) is 42.3. The van der Waals surface area contributed by atoms with E-state index < -0.39 is 29.3 Å². The van der Waals surface area contributed by atoms with Crippen molar-refractivity contribution in [2.75, 3.05) is 143 Å². The number of anilines is 17. The predicted octanol–water partition coefficient (Wildman–Crippen LogP) is 14.4. The molecule has 1 aliphatic rings. The van der Waals surface area contributed by atoms with Crippen LogP contribution in [0.2, 0.25) is 0 Å². The number of nitriles is 1. The topological polar surface area (TPSA) is 534 Å². The summed E-state index contributed by atoms with van der Waals surface area (Å²) >= 11 is 4.20. The lowest BCUT2D eigenvalue weighted by molar-refractivity contribution is -0.138. The third-order valence-electron chi connectivity index (χ3n) is 18.4. The van der Waals surface area contributed by atoms with Crippen LogP contribution in [0.25, 0.3) is 27.0 Å². The minimum atomic E-state index is -4.51. The number of pyridine rings is 1. The van der Waals surface area contributed by atoms with Crippen molar-refractivity contribution in [3.05, 3.63) is 208 Å². The monoisotopic (exact) mass is 1910 g/mol.